The highest BCUT2D eigenvalue weighted by molar-refractivity contribution is 5.68. The molecule has 16 heavy (non-hydrogen) atoms. The molecule has 0 unspecified atom stereocenters. The highest BCUT2D eigenvalue weighted by atomic mass is 16.6. The lowest BCUT2D eigenvalue weighted by atomic mass is 9.93. The van der Waals surface area contributed by atoms with Gasteiger partial charge in [-0.15, -0.1) is 0 Å². The molecule has 1 aliphatic heterocycles. The molecule has 0 aromatic carbocycles. The molecule has 1 aliphatic carbocycles. The molecule has 92 valence electrons. The number of nitrogens with zero attached hydrogens (tertiary/aromatic N) is 1. The molecular weight excluding hydrogens is 208 g/mol. The van der Waals surface area contributed by atoms with Gasteiger partial charge in [0, 0.05) is 19.1 Å². The molecule has 2 rings (SSSR count). The number of morpholine rings is 1. The summed E-state index contributed by atoms with van der Waals surface area (Å²) in [5.41, 5.74) is 5.94. The van der Waals surface area contributed by atoms with Crippen LogP contribution in [0.5, 0.6) is 0 Å². The summed E-state index contributed by atoms with van der Waals surface area (Å²) in [4.78, 5) is 13.5. The molecule has 0 spiro atoms. The Morgan fingerprint density at radius 1 is 1.25 bits per heavy atom. The number of nitrogens with two attached hydrogens (primary N) is 1. The summed E-state index contributed by atoms with van der Waals surface area (Å²) in [6.07, 6.45) is 3.79. The smallest absolute Gasteiger partial charge is 0.410 e. The first kappa shape index (κ1) is 11.7. The standard InChI is InChI=1S/C11H20N2O3/c12-9-3-1-2-4-10(9)16-11(14)13-5-7-15-8-6-13/h9-10H,1-8,12H2/t9-,10-/m1/s1. The largest absolute Gasteiger partial charge is 0.444 e. The van der Waals surface area contributed by atoms with Crippen LogP contribution < -0.4 is 5.73 Å². The van der Waals surface area contributed by atoms with Crippen LogP contribution in [0.25, 0.3) is 0 Å². The average molecular weight is 228 g/mol. The van der Waals surface area contributed by atoms with Crippen molar-refractivity contribution in [2.75, 3.05) is 26.3 Å². The minimum atomic E-state index is -0.231. The minimum absolute atomic E-state index is 0.0127. The van der Waals surface area contributed by atoms with Crippen molar-refractivity contribution < 1.29 is 14.3 Å². The molecule has 1 amide bonds. The Kier molecular flexibility index (Phi) is 4.01. The van der Waals surface area contributed by atoms with Gasteiger partial charge < -0.3 is 20.1 Å². The van der Waals surface area contributed by atoms with Crippen LogP contribution in [0.4, 0.5) is 4.79 Å². The van der Waals surface area contributed by atoms with E-state index in [0.29, 0.717) is 26.3 Å². The van der Waals surface area contributed by atoms with Crippen LogP contribution in [-0.2, 0) is 9.47 Å². The number of carbonyl (C=O) groups is 1. The molecule has 0 radical (unpaired) electrons. The van der Waals surface area contributed by atoms with E-state index in [-0.39, 0.29) is 18.2 Å². The fourth-order valence-electron chi connectivity index (χ4n) is 2.22. The zero-order valence-electron chi connectivity index (χ0n) is 9.56. The van der Waals surface area contributed by atoms with Gasteiger partial charge in [-0.1, -0.05) is 6.42 Å². The molecule has 2 atom stereocenters. The second-order valence-corrected chi connectivity index (χ2v) is 4.47. The van der Waals surface area contributed by atoms with E-state index in [1.807, 2.05) is 0 Å². The second kappa shape index (κ2) is 5.50. The maximum Gasteiger partial charge on any atom is 0.410 e. The first-order chi connectivity index (χ1) is 7.77. The molecule has 0 bridgehead atoms. The van der Waals surface area contributed by atoms with Crippen molar-refractivity contribution in [2.24, 2.45) is 5.73 Å². The quantitative estimate of drug-likeness (QED) is 0.718. The SMILES string of the molecule is N[C@@H]1CCCC[C@H]1OC(=O)N1CCOCC1. The summed E-state index contributed by atoms with van der Waals surface area (Å²) in [6.45, 7) is 2.46. The average Bonchev–Trinajstić information content (AvgIpc) is 2.33. The first-order valence-corrected chi connectivity index (χ1v) is 6.06. The van der Waals surface area contributed by atoms with Crippen molar-refractivity contribution in [1.82, 2.24) is 4.90 Å². The Morgan fingerprint density at radius 2 is 1.94 bits per heavy atom. The van der Waals surface area contributed by atoms with Gasteiger partial charge in [-0.25, -0.2) is 4.79 Å². The van der Waals surface area contributed by atoms with Crippen LogP contribution in [-0.4, -0.2) is 49.4 Å². The molecule has 0 aromatic heterocycles. The third kappa shape index (κ3) is 2.86. The number of hydrogen-bond donors (Lipinski definition) is 1. The zero-order chi connectivity index (χ0) is 11.4. The highest BCUT2D eigenvalue weighted by Crippen LogP contribution is 2.20. The monoisotopic (exact) mass is 228 g/mol. The maximum absolute atomic E-state index is 11.8. The third-order valence-electron chi connectivity index (χ3n) is 3.28. The number of amides is 1. The van der Waals surface area contributed by atoms with E-state index in [1.165, 1.54) is 0 Å². The maximum atomic E-state index is 11.8. The van der Waals surface area contributed by atoms with Gasteiger partial charge >= 0.3 is 6.09 Å². The van der Waals surface area contributed by atoms with Gasteiger partial charge in [0.15, 0.2) is 0 Å². The minimum Gasteiger partial charge on any atom is -0.444 e. The zero-order valence-corrected chi connectivity index (χ0v) is 9.56. The van der Waals surface area contributed by atoms with Crippen LogP contribution >= 0.6 is 0 Å². The van der Waals surface area contributed by atoms with Crippen molar-refractivity contribution in [3.63, 3.8) is 0 Å². The number of rotatable bonds is 1. The van der Waals surface area contributed by atoms with Gasteiger partial charge in [-0.2, -0.15) is 0 Å². The molecule has 5 heteroatoms. The van der Waals surface area contributed by atoms with Crippen molar-refractivity contribution in [3.8, 4) is 0 Å². The van der Waals surface area contributed by atoms with Crippen LogP contribution in [0.2, 0.25) is 0 Å². The molecule has 1 saturated carbocycles. The molecule has 1 saturated heterocycles. The fraction of sp³-hybridized carbons (Fsp3) is 0.909. The summed E-state index contributed by atoms with van der Waals surface area (Å²) in [5.74, 6) is 0. The van der Waals surface area contributed by atoms with Gasteiger partial charge in [-0.3, -0.25) is 0 Å². The lowest BCUT2D eigenvalue weighted by Crippen LogP contribution is -2.46. The normalized spacial score (nSPS) is 31.2. The van der Waals surface area contributed by atoms with E-state index in [0.717, 1.165) is 25.7 Å². The Labute approximate surface area is 95.9 Å². The van der Waals surface area contributed by atoms with Gasteiger partial charge in [0.05, 0.1) is 13.2 Å². The van der Waals surface area contributed by atoms with Gasteiger partial charge in [0.2, 0.25) is 0 Å². The molecule has 5 nitrogen and oxygen atoms in total. The number of ether oxygens (including phenoxy) is 2. The summed E-state index contributed by atoms with van der Waals surface area (Å²) < 4.78 is 10.6. The summed E-state index contributed by atoms with van der Waals surface area (Å²) in [7, 11) is 0. The van der Waals surface area contributed by atoms with Crippen LogP contribution in [0, 0.1) is 0 Å². The Balaban J connectivity index is 1.80. The molecule has 2 fully saturated rings. The summed E-state index contributed by atoms with van der Waals surface area (Å²) >= 11 is 0. The Hall–Kier alpha value is -0.810. The third-order valence-corrected chi connectivity index (χ3v) is 3.28. The van der Waals surface area contributed by atoms with E-state index >= 15 is 0 Å². The van der Waals surface area contributed by atoms with Crippen molar-refractivity contribution in [2.45, 2.75) is 37.8 Å². The van der Waals surface area contributed by atoms with E-state index in [9.17, 15) is 4.79 Å². The van der Waals surface area contributed by atoms with Crippen LogP contribution in [0.15, 0.2) is 0 Å². The van der Waals surface area contributed by atoms with Crippen LogP contribution in [0.1, 0.15) is 25.7 Å². The Bertz CT molecular complexity index is 241. The summed E-state index contributed by atoms with van der Waals surface area (Å²) in [6, 6.07) is 0.0127. The fourth-order valence-corrected chi connectivity index (χ4v) is 2.22. The van der Waals surface area contributed by atoms with E-state index in [4.69, 9.17) is 15.2 Å². The number of carbonyl (C=O) groups excluding carboxylic acids is 1. The van der Waals surface area contributed by atoms with Crippen LogP contribution in [0.3, 0.4) is 0 Å². The predicted octanol–water partition coefficient (Wildman–Crippen LogP) is 0.725. The van der Waals surface area contributed by atoms with Crippen molar-refractivity contribution in [1.29, 1.82) is 0 Å². The first-order valence-electron chi connectivity index (χ1n) is 6.06. The molecule has 2 aliphatic rings. The summed E-state index contributed by atoms with van der Waals surface area (Å²) in [5, 5.41) is 0. The van der Waals surface area contributed by atoms with E-state index in [2.05, 4.69) is 0 Å². The lowest BCUT2D eigenvalue weighted by Gasteiger charge is -2.32. The molecule has 1 heterocycles. The van der Waals surface area contributed by atoms with E-state index < -0.39 is 0 Å². The van der Waals surface area contributed by atoms with Gasteiger partial charge in [0.1, 0.15) is 6.10 Å². The molecular formula is C11H20N2O3. The predicted molar refractivity (Wildman–Crippen MR) is 59.1 cm³/mol. The topological polar surface area (TPSA) is 64.8 Å². The molecule has 2 N–H and O–H groups in total. The highest BCUT2D eigenvalue weighted by Gasteiger charge is 2.27. The molecule has 0 aromatic rings. The van der Waals surface area contributed by atoms with E-state index in [1.54, 1.807) is 4.90 Å². The van der Waals surface area contributed by atoms with Gasteiger partial charge in [-0.05, 0) is 19.3 Å². The second-order valence-electron chi connectivity index (χ2n) is 4.47. The number of hydrogen-bond acceptors (Lipinski definition) is 4. The van der Waals surface area contributed by atoms with Crippen molar-refractivity contribution >= 4 is 6.09 Å². The Morgan fingerprint density at radius 3 is 2.62 bits per heavy atom. The van der Waals surface area contributed by atoms with Gasteiger partial charge in [0.25, 0.3) is 0 Å². The lowest BCUT2D eigenvalue weighted by molar-refractivity contribution is 0.000954. The van der Waals surface area contributed by atoms with Crippen molar-refractivity contribution in [3.05, 3.63) is 0 Å².